The highest BCUT2D eigenvalue weighted by Crippen LogP contribution is 2.40. The van der Waals surface area contributed by atoms with Crippen LogP contribution in [-0.2, 0) is 18.2 Å². The maximum absolute atomic E-state index is 12.7. The van der Waals surface area contributed by atoms with Crippen molar-refractivity contribution in [2.75, 3.05) is 25.2 Å². The monoisotopic (exact) mass is 404 g/mol. The van der Waals surface area contributed by atoms with Crippen molar-refractivity contribution in [1.82, 2.24) is 14.5 Å². The Hall–Kier alpha value is -3.19. The van der Waals surface area contributed by atoms with Gasteiger partial charge in [-0.25, -0.2) is 4.98 Å². The molecular weight excluding hydrogens is 380 g/mol. The molecule has 3 heterocycles. The van der Waals surface area contributed by atoms with Gasteiger partial charge in [0.1, 0.15) is 11.9 Å². The van der Waals surface area contributed by atoms with Gasteiger partial charge in [0, 0.05) is 37.6 Å². The van der Waals surface area contributed by atoms with Crippen molar-refractivity contribution in [2.45, 2.75) is 25.0 Å². The summed E-state index contributed by atoms with van der Waals surface area (Å²) < 4.78 is 13.2. The van der Waals surface area contributed by atoms with Crippen LogP contribution in [-0.4, -0.2) is 40.8 Å². The molecule has 154 valence electrons. The molecule has 0 spiro atoms. The molecule has 0 amide bonds. The lowest BCUT2D eigenvalue weighted by atomic mass is 9.84. The van der Waals surface area contributed by atoms with Crippen LogP contribution in [0.1, 0.15) is 23.7 Å². The molecule has 0 bridgehead atoms. The fraction of sp³-hybridized carbons (Fsp3) is 0.348. The summed E-state index contributed by atoms with van der Waals surface area (Å²) in [5.74, 6) is 1.55. The number of ether oxygens (including phenoxy) is 2. The van der Waals surface area contributed by atoms with Crippen molar-refractivity contribution >= 4 is 5.95 Å². The van der Waals surface area contributed by atoms with E-state index in [0.29, 0.717) is 24.8 Å². The smallest absolute Gasteiger partial charge is 0.255 e. The molecule has 7 heteroatoms. The quantitative estimate of drug-likeness (QED) is 0.669. The number of anilines is 1. The van der Waals surface area contributed by atoms with E-state index in [9.17, 15) is 4.79 Å². The summed E-state index contributed by atoms with van der Waals surface area (Å²) in [5.41, 5.74) is 3.95. The zero-order chi connectivity index (χ0) is 20.7. The molecule has 1 aliphatic carbocycles. The van der Waals surface area contributed by atoms with Crippen LogP contribution in [0.15, 0.2) is 53.6 Å². The summed E-state index contributed by atoms with van der Waals surface area (Å²) in [6.07, 6.45) is 5.25. The van der Waals surface area contributed by atoms with E-state index in [4.69, 9.17) is 14.5 Å². The lowest BCUT2D eigenvalue weighted by Gasteiger charge is -2.45. The molecule has 2 aromatic heterocycles. The Labute approximate surface area is 174 Å². The SMILES string of the molecule is COc1ccc2c(c1)CCC1C2OCCN1c1nc(-c2ccncc2)cc(=O)n1C. The Morgan fingerprint density at radius 2 is 2.00 bits per heavy atom. The predicted octanol–water partition coefficient (Wildman–Crippen LogP) is 2.74. The molecule has 0 radical (unpaired) electrons. The number of morpholine rings is 1. The van der Waals surface area contributed by atoms with Crippen LogP contribution in [0.25, 0.3) is 11.3 Å². The van der Waals surface area contributed by atoms with E-state index >= 15 is 0 Å². The number of rotatable bonds is 3. The highest BCUT2D eigenvalue weighted by Gasteiger charge is 2.39. The molecule has 0 saturated carbocycles. The second-order valence-corrected chi connectivity index (χ2v) is 7.73. The van der Waals surface area contributed by atoms with Gasteiger partial charge in [-0.3, -0.25) is 14.3 Å². The van der Waals surface area contributed by atoms with Crippen molar-refractivity contribution in [3.63, 3.8) is 0 Å². The first-order valence-corrected chi connectivity index (χ1v) is 10.2. The fourth-order valence-corrected chi connectivity index (χ4v) is 4.53. The number of methoxy groups -OCH3 is 1. The van der Waals surface area contributed by atoms with Crippen LogP contribution in [0.3, 0.4) is 0 Å². The van der Waals surface area contributed by atoms with Gasteiger partial charge in [-0.05, 0) is 48.2 Å². The van der Waals surface area contributed by atoms with Crippen molar-refractivity contribution in [2.24, 2.45) is 7.05 Å². The van der Waals surface area contributed by atoms with E-state index in [2.05, 4.69) is 22.0 Å². The molecule has 0 N–H and O–H groups in total. The van der Waals surface area contributed by atoms with Gasteiger partial charge < -0.3 is 14.4 Å². The fourth-order valence-electron chi connectivity index (χ4n) is 4.53. The number of benzene rings is 1. The van der Waals surface area contributed by atoms with Gasteiger partial charge in [0.25, 0.3) is 5.56 Å². The predicted molar refractivity (Wildman–Crippen MR) is 114 cm³/mol. The standard InChI is InChI=1S/C23H24N4O3/c1-26-21(28)14-19(15-7-9-24-10-8-15)25-23(26)27-11-12-30-22-18-5-4-17(29-2)13-16(18)3-6-20(22)27/h4-5,7-10,13-14,20,22H,3,6,11-12H2,1-2H3. The van der Waals surface area contributed by atoms with Gasteiger partial charge in [-0.2, -0.15) is 0 Å². The minimum atomic E-state index is -0.0733. The average molecular weight is 404 g/mol. The first-order valence-electron chi connectivity index (χ1n) is 10.2. The zero-order valence-corrected chi connectivity index (χ0v) is 17.1. The van der Waals surface area contributed by atoms with E-state index in [1.54, 1.807) is 37.2 Å². The summed E-state index contributed by atoms with van der Waals surface area (Å²) in [6, 6.07) is 11.7. The minimum absolute atomic E-state index is 0.0464. The van der Waals surface area contributed by atoms with Gasteiger partial charge in [0.2, 0.25) is 5.95 Å². The molecule has 1 fully saturated rings. The van der Waals surface area contributed by atoms with Crippen LogP contribution in [0.5, 0.6) is 5.75 Å². The molecule has 2 atom stereocenters. The first-order chi connectivity index (χ1) is 14.7. The summed E-state index contributed by atoms with van der Waals surface area (Å²) in [6.45, 7) is 1.29. The Morgan fingerprint density at radius 1 is 1.17 bits per heavy atom. The van der Waals surface area contributed by atoms with Crippen LogP contribution in [0.2, 0.25) is 0 Å². The normalized spacial score (nSPS) is 20.4. The zero-order valence-electron chi connectivity index (χ0n) is 17.1. The number of aromatic nitrogens is 3. The van der Waals surface area contributed by atoms with Crippen LogP contribution >= 0.6 is 0 Å². The number of hydrogen-bond acceptors (Lipinski definition) is 6. The molecule has 5 rings (SSSR count). The van der Waals surface area contributed by atoms with E-state index in [1.165, 1.54) is 11.1 Å². The highest BCUT2D eigenvalue weighted by molar-refractivity contribution is 5.60. The van der Waals surface area contributed by atoms with Crippen LogP contribution in [0, 0.1) is 0 Å². The van der Waals surface area contributed by atoms with Crippen molar-refractivity contribution in [1.29, 1.82) is 0 Å². The highest BCUT2D eigenvalue weighted by atomic mass is 16.5. The average Bonchev–Trinajstić information content (AvgIpc) is 2.80. The third-order valence-corrected chi connectivity index (χ3v) is 6.09. The lowest BCUT2D eigenvalue weighted by molar-refractivity contribution is 0.00172. The molecule has 1 aliphatic heterocycles. The minimum Gasteiger partial charge on any atom is -0.497 e. The molecule has 2 unspecified atom stereocenters. The number of nitrogens with zero attached hydrogens (tertiary/aromatic N) is 4. The van der Waals surface area contributed by atoms with Crippen molar-refractivity contribution in [3.05, 3.63) is 70.3 Å². The second-order valence-electron chi connectivity index (χ2n) is 7.73. The maximum Gasteiger partial charge on any atom is 0.255 e. The van der Waals surface area contributed by atoms with E-state index in [-0.39, 0.29) is 17.7 Å². The summed E-state index contributed by atoms with van der Waals surface area (Å²) in [5, 5.41) is 0. The van der Waals surface area contributed by atoms with E-state index in [1.807, 2.05) is 18.2 Å². The van der Waals surface area contributed by atoms with Gasteiger partial charge in [0.15, 0.2) is 0 Å². The summed E-state index contributed by atoms with van der Waals surface area (Å²) in [7, 11) is 3.47. The molecule has 3 aromatic rings. The second kappa shape index (κ2) is 7.57. The van der Waals surface area contributed by atoms with Gasteiger partial charge in [-0.1, -0.05) is 6.07 Å². The number of fused-ring (bicyclic) bond motifs is 3. The van der Waals surface area contributed by atoms with Gasteiger partial charge in [-0.15, -0.1) is 0 Å². The molecule has 30 heavy (non-hydrogen) atoms. The third-order valence-electron chi connectivity index (χ3n) is 6.09. The summed E-state index contributed by atoms with van der Waals surface area (Å²) in [4.78, 5) is 23.9. The third kappa shape index (κ3) is 3.15. The number of pyridine rings is 1. The van der Waals surface area contributed by atoms with Crippen molar-refractivity contribution in [3.8, 4) is 17.0 Å². The molecule has 2 aliphatic rings. The molecule has 7 nitrogen and oxygen atoms in total. The number of aryl methyl sites for hydroxylation is 1. The molecule has 1 saturated heterocycles. The van der Waals surface area contributed by atoms with Crippen molar-refractivity contribution < 1.29 is 9.47 Å². The molecule has 1 aromatic carbocycles. The van der Waals surface area contributed by atoms with Crippen LogP contribution < -0.4 is 15.2 Å². The summed E-state index contributed by atoms with van der Waals surface area (Å²) >= 11 is 0. The van der Waals surface area contributed by atoms with Gasteiger partial charge in [0.05, 0.1) is 25.5 Å². The topological polar surface area (TPSA) is 69.5 Å². The van der Waals surface area contributed by atoms with Gasteiger partial charge >= 0.3 is 0 Å². The van der Waals surface area contributed by atoms with E-state index < -0.39 is 0 Å². The Bertz CT molecular complexity index is 1130. The lowest BCUT2D eigenvalue weighted by Crippen LogP contribution is -2.51. The van der Waals surface area contributed by atoms with E-state index in [0.717, 1.165) is 24.2 Å². The Kier molecular flexibility index (Phi) is 4.75. The Morgan fingerprint density at radius 3 is 2.80 bits per heavy atom. The number of hydrogen-bond donors (Lipinski definition) is 0. The van der Waals surface area contributed by atoms with Crippen LogP contribution in [0.4, 0.5) is 5.95 Å². The Balaban J connectivity index is 1.55. The largest absolute Gasteiger partial charge is 0.497 e. The molecular formula is C23H24N4O3. The maximum atomic E-state index is 12.7. The first kappa shape index (κ1) is 18.8.